The molecule has 1 rings (SSSR count). The van der Waals surface area contributed by atoms with Crippen LogP contribution in [0, 0.1) is 0 Å². The molecule has 1 aromatic rings. The summed E-state index contributed by atoms with van der Waals surface area (Å²) >= 11 is 0. The Morgan fingerprint density at radius 3 is 2.50 bits per heavy atom. The van der Waals surface area contributed by atoms with E-state index < -0.39 is 0 Å². The number of nitrogens with one attached hydrogen (secondary N) is 3. The molecule has 112 valence electrons. The summed E-state index contributed by atoms with van der Waals surface area (Å²) in [6, 6.07) is 8.02. The highest BCUT2D eigenvalue weighted by Crippen LogP contribution is 2.18. The Morgan fingerprint density at radius 2 is 1.95 bits per heavy atom. The summed E-state index contributed by atoms with van der Waals surface area (Å²) in [6.07, 6.45) is 1.82. The van der Waals surface area contributed by atoms with Crippen LogP contribution < -0.4 is 16.0 Å². The molecule has 1 unspecified atom stereocenters. The number of carbonyl (C=O) groups is 1. The van der Waals surface area contributed by atoms with Gasteiger partial charge in [-0.15, -0.1) is 0 Å². The number of rotatable bonds is 6. The first-order chi connectivity index (χ1) is 9.44. The van der Waals surface area contributed by atoms with Gasteiger partial charge in [0.1, 0.15) is 0 Å². The van der Waals surface area contributed by atoms with E-state index in [1.54, 1.807) is 0 Å². The first kappa shape index (κ1) is 16.5. The van der Waals surface area contributed by atoms with Crippen LogP contribution in [0.4, 0.5) is 10.5 Å². The van der Waals surface area contributed by atoms with Crippen molar-refractivity contribution in [3.8, 4) is 0 Å². The first-order valence-electron chi connectivity index (χ1n) is 7.30. The lowest BCUT2D eigenvalue weighted by Gasteiger charge is -2.28. The number of hydrogen-bond donors (Lipinski definition) is 3. The maximum Gasteiger partial charge on any atom is 0.319 e. The minimum absolute atomic E-state index is 0.148. The van der Waals surface area contributed by atoms with Crippen LogP contribution in [0.2, 0.25) is 0 Å². The van der Waals surface area contributed by atoms with Crippen molar-refractivity contribution in [3.63, 3.8) is 0 Å². The molecular formula is C16H27N3O. The summed E-state index contributed by atoms with van der Waals surface area (Å²) < 4.78 is 0. The molecule has 0 heterocycles. The summed E-state index contributed by atoms with van der Waals surface area (Å²) in [5, 5.41) is 9.14. The maximum absolute atomic E-state index is 12.1. The molecule has 3 N–H and O–H groups in total. The van der Waals surface area contributed by atoms with E-state index in [0.717, 1.165) is 24.1 Å². The quantitative estimate of drug-likeness (QED) is 0.743. The van der Waals surface area contributed by atoms with E-state index in [9.17, 15) is 4.79 Å². The summed E-state index contributed by atoms with van der Waals surface area (Å²) in [7, 11) is 1.92. The van der Waals surface area contributed by atoms with Crippen LogP contribution >= 0.6 is 0 Å². The van der Waals surface area contributed by atoms with Crippen LogP contribution in [0.15, 0.2) is 24.3 Å². The predicted octanol–water partition coefficient (Wildman–Crippen LogP) is 3.67. The van der Waals surface area contributed by atoms with Crippen molar-refractivity contribution in [3.05, 3.63) is 29.8 Å². The van der Waals surface area contributed by atoms with Gasteiger partial charge in [-0.2, -0.15) is 0 Å². The van der Waals surface area contributed by atoms with Gasteiger partial charge < -0.3 is 16.0 Å². The number of anilines is 1. The molecular weight excluding hydrogens is 250 g/mol. The van der Waals surface area contributed by atoms with Gasteiger partial charge in [0.25, 0.3) is 0 Å². The Hall–Kier alpha value is -1.55. The molecule has 0 aliphatic heterocycles. The molecule has 0 fully saturated rings. The fourth-order valence-corrected chi connectivity index (χ4v) is 1.92. The van der Waals surface area contributed by atoms with Crippen molar-refractivity contribution in [1.29, 1.82) is 0 Å². The third-order valence-corrected chi connectivity index (χ3v) is 4.05. The Bertz CT molecular complexity index is 441. The lowest BCUT2D eigenvalue weighted by molar-refractivity contribution is 0.236. The van der Waals surface area contributed by atoms with Crippen molar-refractivity contribution in [2.24, 2.45) is 0 Å². The summed E-state index contributed by atoms with van der Waals surface area (Å²) in [5.74, 6) is 0. The van der Waals surface area contributed by atoms with E-state index in [2.05, 4.69) is 43.6 Å². The highest BCUT2D eigenvalue weighted by atomic mass is 16.2. The number of hydrogen-bond acceptors (Lipinski definition) is 2. The Morgan fingerprint density at radius 1 is 1.30 bits per heavy atom. The second-order valence-electron chi connectivity index (χ2n) is 5.48. The van der Waals surface area contributed by atoms with Crippen molar-refractivity contribution in [2.45, 2.75) is 52.1 Å². The maximum atomic E-state index is 12.1. The zero-order chi connectivity index (χ0) is 15.2. The van der Waals surface area contributed by atoms with Gasteiger partial charge in [-0.1, -0.05) is 26.0 Å². The molecule has 2 amide bonds. The van der Waals surface area contributed by atoms with Gasteiger partial charge in [-0.05, 0) is 51.4 Å². The first-order valence-corrected chi connectivity index (χ1v) is 7.30. The topological polar surface area (TPSA) is 53.2 Å². The van der Waals surface area contributed by atoms with Crippen LogP contribution in [0.3, 0.4) is 0 Å². The molecule has 0 aliphatic carbocycles. The number of benzene rings is 1. The highest BCUT2D eigenvalue weighted by molar-refractivity contribution is 5.89. The van der Waals surface area contributed by atoms with Gasteiger partial charge in [-0.3, -0.25) is 0 Å². The predicted molar refractivity (Wildman–Crippen MR) is 85.1 cm³/mol. The lowest BCUT2D eigenvalue weighted by Crippen LogP contribution is -2.46. The Balaban J connectivity index is 2.71. The molecule has 20 heavy (non-hydrogen) atoms. The molecule has 0 bridgehead atoms. The van der Waals surface area contributed by atoms with Gasteiger partial charge in [0.15, 0.2) is 0 Å². The van der Waals surface area contributed by atoms with Gasteiger partial charge >= 0.3 is 6.03 Å². The van der Waals surface area contributed by atoms with Gasteiger partial charge in [0.2, 0.25) is 0 Å². The SMILES string of the molecule is CCC(C)(CC)NC(=O)Nc1cccc(C(C)NC)c1. The number of amides is 2. The average Bonchev–Trinajstić information content (AvgIpc) is 2.46. The van der Waals surface area contributed by atoms with Crippen molar-refractivity contribution in [1.82, 2.24) is 10.6 Å². The Labute approximate surface area is 122 Å². The van der Waals surface area contributed by atoms with Crippen LogP contribution in [0.1, 0.15) is 52.1 Å². The van der Waals surface area contributed by atoms with Crippen molar-refractivity contribution < 1.29 is 4.79 Å². The normalized spacial score (nSPS) is 12.8. The minimum Gasteiger partial charge on any atom is -0.333 e. The van der Waals surface area contributed by atoms with E-state index in [0.29, 0.717) is 0 Å². The summed E-state index contributed by atoms with van der Waals surface area (Å²) in [6.45, 7) is 8.31. The van der Waals surface area contributed by atoms with Gasteiger partial charge in [0.05, 0.1) is 0 Å². The molecule has 1 aromatic carbocycles. The smallest absolute Gasteiger partial charge is 0.319 e. The van der Waals surface area contributed by atoms with Gasteiger partial charge in [0, 0.05) is 17.3 Å². The second kappa shape index (κ2) is 7.29. The Kier molecular flexibility index (Phi) is 6.02. The molecule has 0 spiro atoms. The van der Waals surface area contributed by atoms with E-state index in [-0.39, 0.29) is 17.6 Å². The fraction of sp³-hybridized carbons (Fsp3) is 0.562. The van der Waals surface area contributed by atoms with E-state index in [4.69, 9.17) is 0 Å². The number of urea groups is 1. The third-order valence-electron chi connectivity index (χ3n) is 4.05. The van der Waals surface area contributed by atoms with Crippen LogP contribution in [-0.4, -0.2) is 18.6 Å². The minimum atomic E-state index is -0.153. The molecule has 0 saturated carbocycles. The monoisotopic (exact) mass is 277 g/mol. The standard InChI is InChI=1S/C16H27N3O/c1-6-16(4,7-2)19-15(20)18-14-10-8-9-13(11-14)12(3)17-5/h8-12,17H,6-7H2,1-5H3,(H2,18,19,20). The average molecular weight is 277 g/mol. The molecule has 1 atom stereocenters. The molecule has 0 aromatic heterocycles. The zero-order valence-corrected chi connectivity index (χ0v) is 13.2. The molecule has 0 radical (unpaired) electrons. The zero-order valence-electron chi connectivity index (χ0n) is 13.2. The molecule has 4 heteroatoms. The van der Waals surface area contributed by atoms with Crippen molar-refractivity contribution in [2.75, 3.05) is 12.4 Å². The van der Waals surface area contributed by atoms with Crippen LogP contribution in [-0.2, 0) is 0 Å². The van der Waals surface area contributed by atoms with E-state index in [1.807, 2.05) is 31.3 Å². The van der Waals surface area contributed by atoms with Gasteiger partial charge in [-0.25, -0.2) is 4.79 Å². The largest absolute Gasteiger partial charge is 0.333 e. The van der Waals surface area contributed by atoms with E-state index >= 15 is 0 Å². The summed E-state index contributed by atoms with van der Waals surface area (Å²) in [4.78, 5) is 12.1. The van der Waals surface area contributed by atoms with E-state index in [1.165, 1.54) is 0 Å². The van der Waals surface area contributed by atoms with Crippen LogP contribution in [0.25, 0.3) is 0 Å². The third kappa shape index (κ3) is 4.53. The molecule has 0 saturated heterocycles. The van der Waals surface area contributed by atoms with Crippen LogP contribution in [0.5, 0.6) is 0 Å². The fourth-order valence-electron chi connectivity index (χ4n) is 1.92. The number of carbonyl (C=O) groups excluding carboxylic acids is 1. The molecule has 4 nitrogen and oxygen atoms in total. The van der Waals surface area contributed by atoms with Crippen molar-refractivity contribution >= 4 is 11.7 Å². The highest BCUT2D eigenvalue weighted by Gasteiger charge is 2.21. The second-order valence-corrected chi connectivity index (χ2v) is 5.48. The summed E-state index contributed by atoms with van der Waals surface area (Å²) in [5.41, 5.74) is 1.82. The molecule has 0 aliphatic rings. The lowest BCUT2D eigenvalue weighted by atomic mass is 9.96.